The summed E-state index contributed by atoms with van der Waals surface area (Å²) in [5.41, 5.74) is 3.92. The number of nitrogens with zero attached hydrogens (tertiary/aromatic N) is 2. The summed E-state index contributed by atoms with van der Waals surface area (Å²) in [5, 5.41) is 0. The Balaban J connectivity index is 1.60. The minimum absolute atomic E-state index is 0.0129. The van der Waals surface area contributed by atoms with E-state index < -0.39 is 10.0 Å². The van der Waals surface area contributed by atoms with Crippen molar-refractivity contribution in [1.82, 2.24) is 9.21 Å². The number of piperazine rings is 1. The second-order valence-corrected chi connectivity index (χ2v) is 12.3. The molecule has 164 valence electrons. The molecular formula is C25H36N2O2S. The van der Waals surface area contributed by atoms with E-state index in [4.69, 9.17) is 0 Å². The molecule has 3 rings (SSSR count). The summed E-state index contributed by atoms with van der Waals surface area (Å²) in [5.74, 6) is 0. The molecule has 5 heteroatoms. The Hall–Kier alpha value is -1.69. The van der Waals surface area contributed by atoms with E-state index >= 15 is 0 Å². The molecule has 1 fully saturated rings. The van der Waals surface area contributed by atoms with Gasteiger partial charge in [0.15, 0.2) is 0 Å². The Bertz CT molecular complexity index is 942. The Labute approximate surface area is 183 Å². The molecule has 1 saturated heterocycles. The van der Waals surface area contributed by atoms with E-state index in [1.54, 1.807) is 16.4 Å². The molecule has 0 unspecified atom stereocenters. The molecule has 0 atom stereocenters. The van der Waals surface area contributed by atoms with Crippen LogP contribution in [0.4, 0.5) is 0 Å². The van der Waals surface area contributed by atoms with Crippen LogP contribution in [0.25, 0.3) is 0 Å². The fourth-order valence-corrected chi connectivity index (χ4v) is 5.19. The summed E-state index contributed by atoms with van der Waals surface area (Å²) in [6.45, 7) is 16.5. The van der Waals surface area contributed by atoms with Crippen molar-refractivity contribution in [2.24, 2.45) is 0 Å². The normalized spacial score (nSPS) is 17.3. The molecule has 2 aromatic rings. The smallest absolute Gasteiger partial charge is 0.243 e. The standard InChI is InChI=1S/C25H36N2O2S/c1-24(2,3)21-9-7-20(8-10-21)19-26-15-17-27(18-16-26)30(28,29)23-13-11-22(12-14-23)25(4,5)6/h7-14H,15-19H2,1-6H3. The molecule has 1 heterocycles. The highest BCUT2D eigenvalue weighted by molar-refractivity contribution is 7.89. The molecule has 0 amide bonds. The first-order chi connectivity index (χ1) is 13.9. The van der Waals surface area contributed by atoms with Crippen LogP contribution < -0.4 is 0 Å². The molecule has 1 aliphatic rings. The van der Waals surface area contributed by atoms with E-state index in [0.29, 0.717) is 18.0 Å². The molecule has 1 aliphatic heterocycles. The second kappa shape index (κ2) is 8.45. The molecule has 0 aromatic heterocycles. The van der Waals surface area contributed by atoms with Crippen LogP contribution in [-0.4, -0.2) is 43.8 Å². The molecule has 0 saturated carbocycles. The third kappa shape index (κ3) is 5.32. The average Bonchev–Trinajstić information content (AvgIpc) is 2.67. The maximum Gasteiger partial charge on any atom is 0.243 e. The van der Waals surface area contributed by atoms with Gasteiger partial charge in [-0.05, 0) is 39.7 Å². The van der Waals surface area contributed by atoms with Crippen molar-refractivity contribution in [3.05, 3.63) is 65.2 Å². The van der Waals surface area contributed by atoms with Crippen molar-refractivity contribution in [1.29, 1.82) is 0 Å². The van der Waals surface area contributed by atoms with Gasteiger partial charge >= 0.3 is 0 Å². The lowest BCUT2D eigenvalue weighted by Crippen LogP contribution is -2.48. The highest BCUT2D eigenvalue weighted by atomic mass is 32.2. The predicted molar refractivity (Wildman–Crippen MR) is 124 cm³/mol. The van der Waals surface area contributed by atoms with Gasteiger partial charge in [0.2, 0.25) is 10.0 Å². The minimum atomic E-state index is -3.44. The van der Waals surface area contributed by atoms with Gasteiger partial charge in [0.25, 0.3) is 0 Å². The molecule has 2 aromatic carbocycles. The van der Waals surface area contributed by atoms with Crippen LogP contribution in [0.1, 0.15) is 58.2 Å². The number of rotatable bonds is 4. The van der Waals surface area contributed by atoms with Crippen LogP contribution in [-0.2, 0) is 27.4 Å². The highest BCUT2D eigenvalue weighted by Gasteiger charge is 2.29. The van der Waals surface area contributed by atoms with Crippen molar-refractivity contribution in [3.8, 4) is 0 Å². The van der Waals surface area contributed by atoms with Crippen LogP contribution >= 0.6 is 0 Å². The first-order valence-electron chi connectivity index (χ1n) is 10.8. The summed E-state index contributed by atoms with van der Waals surface area (Å²) >= 11 is 0. The SMILES string of the molecule is CC(C)(C)c1ccc(CN2CCN(S(=O)(=O)c3ccc(C(C)(C)C)cc3)CC2)cc1. The van der Waals surface area contributed by atoms with Crippen molar-refractivity contribution in [2.45, 2.75) is 63.8 Å². The van der Waals surface area contributed by atoms with Gasteiger partial charge in [-0.1, -0.05) is 77.9 Å². The summed E-state index contributed by atoms with van der Waals surface area (Å²) in [4.78, 5) is 2.72. The Morgan fingerprint density at radius 1 is 0.700 bits per heavy atom. The Morgan fingerprint density at radius 2 is 1.13 bits per heavy atom. The first-order valence-corrected chi connectivity index (χ1v) is 12.2. The van der Waals surface area contributed by atoms with Crippen molar-refractivity contribution in [3.63, 3.8) is 0 Å². The lowest BCUT2D eigenvalue weighted by molar-refractivity contribution is 0.181. The molecule has 0 bridgehead atoms. The van der Waals surface area contributed by atoms with Gasteiger partial charge in [-0.2, -0.15) is 4.31 Å². The lowest BCUT2D eigenvalue weighted by Gasteiger charge is -2.34. The first kappa shape index (κ1) is 23.0. The zero-order valence-electron chi connectivity index (χ0n) is 19.3. The van der Waals surface area contributed by atoms with Gasteiger partial charge in [-0.15, -0.1) is 0 Å². The third-order valence-corrected chi connectivity index (χ3v) is 7.83. The molecule has 0 N–H and O–H groups in total. The van der Waals surface area contributed by atoms with Crippen LogP contribution in [0.15, 0.2) is 53.4 Å². The van der Waals surface area contributed by atoms with Gasteiger partial charge in [0, 0.05) is 32.7 Å². The van der Waals surface area contributed by atoms with Crippen molar-refractivity contribution >= 4 is 10.0 Å². The minimum Gasteiger partial charge on any atom is -0.296 e. The predicted octanol–water partition coefficient (Wildman–Crippen LogP) is 4.79. The Morgan fingerprint density at radius 3 is 1.57 bits per heavy atom. The maximum atomic E-state index is 13.1. The molecule has 0 aliphatic carbocycles. The number of hydrogen-bond acceptors (Lipinski definition) is 3. The summed E-state index contributed by atoms with van der Waals surface area (Å²) in [6, 6.07) is 16.2. The van der Waals surface area contributed by atoms with E-state index in [-0.39, 0.29) is 10.8 Å². The van der Waals surface area contributed by atoms with Crippen molar-refractivity contribution in [2.75, 3.05) is 26.2 Å². The fourth-order valence-electron chi connectivity index (χ4n) is 3.77. The van der Waals surface area contributed by atoms with Crippen LogP contribution in [0.3, 0.4) is 0 Å². The van der Waals surface area contributed by atoms with Crippen LogP contribution in [0, 0.1) is 0 Å². The largest absolute Gasteiger partial charge is 0.296 e. The van der Waals surface area contributed by atoms with Crippen LogP contribution in [0.5, 0.6) is 0 Å². The molecule has 0 radical (unpaired) electrons. The average molecular weight is 429 g/mol. The van der Waals surface area contributed by atoms with Gasteiger partial charge in [0.05, 0.1) is 4.90 Å². The van der Waals surface area contributed by atoms with E-state index in [1.165, 1.54) is 11.1 Å². The van der Waals surface area contributed by atoms with E-state index in [9.17, 15) is 8.42 Å². The third-order valence-electron chi connectivity index (χ3n) is 5.92. The summed E-state index contributed by atoms with van der Waals surface area (Å²) in [6.07, 6.45) is 0. The highest BCUT2D eigenvalue weighted by Crippen LogP contribution is 2.26. The number of sulfonamides is 1. The molecule has 30 heavy (non-hydrogen) atoms. The lowest BCUT2D eigenvalue weighted by atomic mass is 9.87. The Kier molecular flexibility index (Phi) is 6.47. The quantitative estimate of drug-likeness (QED) is 0.703. The number of benzene rings is 2. The van der Waals surface area contributed by atoms with Gasteiger partial charge in [-0.25, -0.2) is 8.42 Å². The maximum absolute atomic E-state index is 13.1. The zero-order valence-corrected chi connectivity index (χ0v) is 20.1. The van der Waals surface area contributed by atoms with Gasteiger partial charge in [-0.3, -0.25) is 4.90 Å². The molecule has 0 spiro atoms. The fraction of sp³-hybridized carbons (Fsp3) is 0.520. The molecule has 4 nitrogen and oxygen atoms in total. The number of hydrogen-bond donors (Lipinski definition) is 0. The molecular weight excluding hydrogens is 392 g/mol. The van der Waals surface area contributed by atoms with E-state index in [0.717, 1.165) is 25.2 Å². The van der Waals surface area contributed by atoms with E-state index in [2.05, 4.69) is 70.7 Å². The van der Waals surface area contributed by atoms with Gasteiger partial charge < -0.3 is 0 Å². The topological polar surface area (TPSA) is 40.6 Å². The van der Waals surface area contributed by atoms with Gasteiger partial charge in [0.1, 0.15) is 0 Å². The van der Waals surface area contributed by atoms with E-state index in [1.807, 2.05) is 12.1 Å². The summed E-state index contributed by atoms with van der Waals surface area (Å²) < 4.78 is 27.7. The van der Waals surface area contributed by atoms with Crippen LogP contribution in [0.2, 0.25) is 0 Å². The second-order valence-electron chi connectivity index (χ2n) is 10.4. The monoisotopic (exact) mass is 428 g/mol. The summed E-state index contributed by atoms with van der Waals surface area (Å²) in [7, 11) is -3.44. The van der Waals surface area contributed by atoms with Crippen molar-refractivity contribution < 1.29 is 8.42 Å². The zero-order chi connectivity index (χ0) is 22.2.